The van der Waals surface area contributed by atoms with Crippen LogP contribution in [0.5, 0.6) is 0 Å². The lowest BCUT2D eigenvalue weighted by atomic mass is 10.1. The van der Waals surface area contributed by atoms with Crippen molar-refractivity contribution in [1.82, 2.24) is 5.10 Å². The van der Waals surface area contributed by atoms with E-state index >= 15 is 0 Å². The van der Waals surface area contributed by atoms with E-state index in [4.69, 9.17) is 0 Å². The fourth-order valence-electron chi connectivity index (χ4n) is 3.30. The molecule has 4 rings (SSSR count). The molecule has 23 heavy (non-hydrogen) atoms. The van der Waals surface area contributed by atoms with Gasteiger partial charge in [0.1, 0.15) is 0 Å². The number of anilines is 1. The van der Waals surface area contributed by atoms with Crippen LogP contribution in [0.3, 0.4) is 0 Å². The first-order valence-electron chi connectivity index (χ1n) is 7.59. The minimum atomic E-state index is -3.06. The Hall–Kier alpha value is -2.16. The monoisotopic (exact) mass is 336 g/mol. The molecular weight excluding hydrogens is 320 g/mol. The van der Waals surface area contributed by atoms with Gasteiger partial charge in [-0.15, -0.1) is 0 Å². The van der Waals surface area contributed by atoms with Crippen molar-refractivity contribution in [3.8, 4) is 0 Å². The third kappa shape index (κ3) is 2.35. The molecule has 122 valence electrons. The quantitative estimate of drug-likeness (QED) is 0.500. The SMILES string of the molecule is O=S1(=O)CCN(c2n[n+]([O-])c3cc4c(cc3[n+]2[O-])CCC4)CC1. The first-order chi connectivity index (χ1) is 10.9. The summed E-state index contributed by atoms with van der Waals surface area (Å²) in [4.78, 5) is 2.04. The molecule has 1 saturated heterocycles. The van der Waals surface area contributed by atoms with E-state index in [9.17, 15) is 18.8 Å². The van der Waals surface area contributed by atoms with E-state index in [1.807, 2.05) is 0 Å². The minimum absolute atomic E-state index is 0.0275. The van der Waals surface area contributed by atoms with Gasteiger partial charge in [0.15, 0.2) is 15.4 Å². The number of aryl methyl sites for hydroxylation is 2. The zero-order valence-corrected chi connectivity index (χ0v) is 13.3. The molecule has 0 radical (unpaired) electrons. The average Bonchev–Trinajstić information content (AvgIpc) is 2.97. The van der Waals surface area contributed by atoms with Gasteiger partial charge in [0.25, 0.3) is 5.52 Å². The summed E-state index contributed by atoms with van der Waals surface area (Å²) in [6.45, 7) is 0.349. The van der Waals surface area contributed by atoms with E-state index in [1.54, 1.807) is 17.0 Å². The van der Waals surface area contributed by atoms with Crippen molar-refractivity contribution in [2.45, 2.75) is 19.3 Å². The minimum Gasteiger partial charge on any atom is -0.739 e. The number of benzene rings is 1. The standard InChI is InChI=1S/C14H16N4O4S/c19-17-12-8-10-2-1-3-11(10)9-13(12)18(20)15-14(17)16-4-6-23(21,22)7-5-16/h8-9H,1-7H2. The molecule has 9 heteroatoms. The summed E-state index contributed by atoms with van der Waals surface area (Å²) in [5, 5.41) is 28.7. The molecule has 2 aliphatic rings. The van der Waals surface area contributed by atoms with Crippen LogP contribution >= 0.6 is 0 Å². The molecule has 0 unspecified atom stereocenters. The molecule has 1 aromatic carbocycles. The highest BCUT2D eigenvalue weighted by molar-refractivity contribution is 7.91. The summed E-state index contributed by atoms with van der Waals surface area (Å²) >= 11 is 0. The molecule has 2 heterocycles. The zero-order chi connectivity index (χ0) is 16.2. The van der Waals surface area contributed by atoms with Gasteiger partial charge in [-0.3, -0.25) is 4.90 Å². The maximum Gasteiger partial charge on any atom is 0.463 e. The molecule has 1 aliphatic heterocycles. The maximum absolute atomic E-state index is 12.7. The van der Waals surface area contributed by atoms with Crippen molar-refractivity contribution in [2.24, 2.45) is 0 Å². The number of aromatic nitrogens is 3. The Morgan fingerprint density at radius 2 is 1.65 bits per heavy atom. The molecule has 0 N–H and O–H groups in total. The van der Waals surface area contributed by atoms with Gasteiger partial charge in [-0.25, -0.2) is 13.1 Å². The topological polar surface area (TPSA) is 104 Å². The predicted octanol–water partition coefficient (Wildman–Crippen LogP) is -0.775. The van der Waals surface area contributed by atoms with Crippen molar-refractivity contribution in [2.75, 3.05) is 29.5 Å². The van der Waals surface area contributed by atoms with Gasteiger partial charge < -0.3 is 10.4 Å². The molecular formula is C14H16N4O4S. The van der Waals surface area contributed by atoms with Crippen LogP contribution in [0.15, 0.2) is 12.1 Å². The first kappa shape index (κ1) is 14.4. The van der Waals surface area contributed by atoms with Crippen molar-refractivity contribution < 1.29 is 18.0 Å². The van der Waals surface area contributed by atoms with Gasteiger partial charge in [-0.05, 0) is 36.5 Å². The Morgan fingerprint density at radius 3 is 2.30 bits per heavy atom. The Bertz CT molecular complexity index is 899. The molecule has 2 aromatic rings. The van der Waals surface area contributed by atoms with Gasteiger partial charge in [-0.2, -0.15) is 0 Å². The number of hydrogen-bond donors (Lipinski definition) is 0. The fourth-order valence-corrected chi connectivity index (χ4v) is 4.50. The number of fused-ring (bicyclic) bond motifs is 2. The second kappa shape index (κ2) is 4.92. The molecule has 0 saturated carbocycles. The van der Waals surface area contributed by atoms with Crippen molar-refractivity contribution in [1.29, 1.82) is 0 Å². The van der Waals surface area contributed by atoms with Crippen LogP contribution in [0, 0.1) is 10.4 Å². The van der Waals surface area contributed by atoms with E-state index in [0.717, 1.165) is 30.4 Å². The lowest BCUT2D eigenvalue weighted by Crippen LogP contribution is -2.51. The van der Waals surface area contributed by atoms with Crippen LogP contribution in [-0.2, 0) is 22.7 Å². The Balaban J connectivity index is 1.82. The highest BCUT2D eigenvalue weighted by atomic mass is 32.2. The third-order valence-electron chi connectivity index (χ3n) is 4.60. The smallest absolute Gasteiger partial charge is 0.463 e. The van der Waals surface area contributed by atoms with Crippen molar-refractivity contribution in [3.63, 3.8) is 0 Å². The molecule has 1 aliphatic carbocycles. The van der Waals surface area contributed by atoms with Gasteiger partial charge in [-0.1, -0.05) is 0 Å². The summed E-state index contributed by atoms with van der Waals surface area (Å²) in [5.41, 5.74) is 2.74. The van der Waals surface area contributed by atoms with E-state index in [2.05, 4.69) is 5.10 Å². The van der Waals surface area contributed by atoms with Gasteiger partial charge >= 0.3 is 5.95 Å². The lowest BCUT2D eigenvalue weighted by molar-refractivity contribution is -0.673. The highest BCUT2D eigenvalue weighted by Gasteiger charge is 2.33. The van der Waals surface area contributed by atoms with E-state index < -0.39 is 9.84 Å². The van der Waals surface area contributed by atoms with Crippen molar-refractivity contribution >= 4 is 26.8 Å². The largest absolute Gasteiger partial charge is 0.739 e. The zero-order valence-electron chi connectivity index (χ0n) is 12.4. The van der Waals surface area contributed by atoms with Crippen LogP contribution in [0.2, 0.25) is 0 Å². The van der Waals surface area contributed by atoms with Crippen LogP contribution < -0.4 is 14.5 Å². The van der Waals surface area contributed by atoms with Crippen molar-refractivity contribution in [3.05, 3.63) is 33.7 Å². The molecule has 0 bridgehead atoms. The lowest BCUT2D eigenvalue weighted by Gasteiger charge is -2.23. The van der Waals surface area contributed by atoms with Gasteiger partial charge in [0, 0.05) is 10.9 Å². The summed E-state index contributed by atoms with van der Waals surface area (Å²) < 4.78 is 23.7. The van der Waals surface area contributed by atoms with Gasteiger partial charge in [0.05, 0.1) is 24.6 Å². The van der Waals surface area contributed by atoms with E-state index in [-0.39, 0.29) is 36.1 Å². The molecule has 1 fully saturated rings. The maximum atomic E-state index is 12.7. The summed E-state index contributed by atoms with van der Waals surface area (Å²) in [7, 11) is -3.06. The van der Waals surface area contributed by atoms with Crippen LogP contribution in [0.4, 0.5) is 5.95 Å². The summed E-state index contributed by atoms with van der Waals surface area (Å²) in [6, 6.07) is 3.52. The normalized spacial score (nSPS) is 19.9. The molecule has 0 amide bonds. The van der Waals surface area contributed by atoms with Crippen LogP contribution in [0.25, 0.3) is 11.0 Å². The number of sulfone groups is 1. The highest BCUT2D eigenvalue weighted by Crippen LogP contribution is 2.25. The third-order valence-corrected chi connectivity index (χ3v) is 6.21. The Morgan fingerprint density at radius 1 is 1.04 bits per heavy atom. The second-order valence-corrected chi connectivity index (χ2v) is 8.37. The molecule has 0 spiro atoms. The van der Waals surface area contributed by atoms with E-state index in [0.29, 0.717) is 15.1 Å². The van der Waals surface area contributed by atoms with Crippen LogP contribution in [-0.4, -0.2) is 38.1 Å². The molecule has 1 aromatic heterocycles. The van der Waals surface area contributed by atoms with Crippen LogP contribution in [0.1, 0.15) is 17.5 Å². The summed E-state index contributed by atoms with van der Waals surface area (Å²) in [6.07, 6.45) is 2.84. The fraction of sp³-hybridized carbons (Fsp3) is 0.500. The van der Waals surface area contributed by atoms with E-state index in [1.165, 1.54) is 0 Å². The Kier molecular flexibility index (Phi) is 3.09. The average molecular weight is 336 g/mol. The second-order valence-electron chi connectivity index (χ2n) is 6.07. The molecule has 8 nitrogen and oxygen atoms in total. The number of hydrogen-bond acceptors (Lipinski definition) is 6. The number of nitrogens with zero attached hydrogens (tertiary/aromatic N) is 4. The van der Waals surface area contributed by atoms with Gasteiger partial charge in [0.2, 0.25) is 5.10 Å². The summed E-state index contributed by atoms with van der Waals surface area (Å²) in [5.74, 6) is -0.0914. The molecule has 0 atom stereocenters. The Labute approximate surface area is 133 Å². The predicted molar refractivity (Wildman–Crippen MR) is 82.6 cm³/mol. The first-order valence-corrected chi connectivity index (χ1v) is 9.41. The number of rotatable bonds is 1.